The van der Waals surface area contributed by atoms with E-state index in [4.69, 9.17) is 22.1 Å². The van der Waals surface area contributed by atoms with Crippen LogP contribution in [0, 0.1) is 11.7 Å². The highest BCUT2D eigenvalue weighted by Gasteiger charge is 2.19. The van der Waals surface area contributed by atoms with Crippen molar-refractivity contribution in [1.29, 1.82) is 0 Å². The number of rotatable bonds is 5. The van der Waals surface area contributed by atoms with Crippen LogP contribution in [0.1, 0.15) is 19.8 Å². The highest BCUT2D eigenvalue weighted by atomic mass is 35.5. The van der Waals surface area contributed by atoms with Crippen LogP contribution in [0.4, 0.5) is 4.39 Å². The van der Waals surface area contributed by atoms with Gasteiger partial charge in [0.2, 0.25) is 0 Å². The van der Waals surface area contributed by atoms with E-state index in [9.17, 15) is 4.39 Å². The predicted molar refractivity (Wildman–Crippen MR) is 74.5 cm³/mol. The van der Waals surface area contributed by atoms with Crippen LogP contribution in [-0.4, -0.2) is 12.6 Å². The molecule has 0 aliphatic carbocycles. The topological polar surface area (TPSA) is 47.3 Å². The average molecular weight is 285 g/mol. The highest BCUT2D eigenvalue weighted by molar-refractivity contribution is 6.30. The number of nitrogens with two attached hydrogens (primary N) is 1. The van der Waals surface area contributed by atoms with Crippen LogP contribution in [0.2, 0.25) is 5.02 Å². The first-order chi connectivity index (χ1) is 9.08. The minimum atomic E-state index is -0.433. The van der Waals surface area contributed by atoms with E-state index in [1.165, 1.54) is 12.1 Å². The summed E-state index contributed by atoms with van der Waals surface area (Å²) in [5.41, 5.74) is 5.68. The fraction of sp³-hybridized carbons (Fsp3) is 0.429. The second kappa shape index (κ2) is 6.15. The van der Waals surface area contributed by atoms with E-state index < -0.39 is 5.82 Å². The first-order valence-electron chi connectivity index (χ1n) is 6.41. The lowest BCUT2D eigenvalue weighted by Gasteiger charge is -2.20. The monoisotopic (exact) mass is 284 g/mol. The Hall–Kier alpha value is -1.42. The second-order valence-electron chi connectivity index (χ2n) is 4.72. The molecule has 1 aliphatic heterocycles. The van der Waals surface area contributed by atoms with Crippen LogP contribution < -0.4 is 15.8 Å². The number of nitrogens with one attached hydrogen (secondary N) is 1. The van der Waals surface area contributed by atoms with Crippen LogP contribution in [0.15, 0.2) is 30.1 Å². The maximum atomic E-state index is 13.1. The van der Waals surface area contributed by atoms with E-state index in [1.807, 2.05) is 6.08 Å². The third kappa shape index (κ3) is 3.77. The van der Waals surface area contributed by atoms with Gasteiger partial charge < -0.3 is 15.8 Å². The van der Waals surface area contributed by atoms with Gasteiger partial charge in [-0.25, -0.2) is 4.39 Å². The Balaban J connectivity index is 1.96. The Kier molecular flexibility index (Phi) is 4.53. The fourth-order valence-electron chi connectivity index (χ4n) is 2.15. The second-order valence-corrected chi connectivity index (χ2v) is 5.13. The molecule has 5 heteroatoms. The molecular weight excluding hydrogens is 267 g/mol. The quantitative estimate of drug-likeness (QED) is 0.874. The maximum Gasteiger partial charge on any atom is 0.142 e. The van der Waals surface area contributed by atoms with Gasteiger partial charge in [0.1, 0.15) is 11.6 Å². The van der Waals surface area contributed by atoms with Crippen LogP contribution in [0.25, 0.3) is 0 Å². The van der Waals surface area contributed by atoms with Crippen LogP contribution in [-0.2, 0) is 0 Å². The first kappa shape index (κ1) is 14.0. The standard InChI is InChI=1S/C14H18ClFN2O/c1-2-10(5-9-6-14(17)18-8-9)19-11-3-4-13(16)12(15)7-11/h3-4,6-7,9-10,18H,2,5,8,17H2,1H3/t9-,10-/m0/s1. The van der Waals surface area contributed by atoms with Crippen LogP contribution >= 0.6 is 11.6 Å². The van der Waals surface area contributed by atoms with Gasteiger partial charge in [-0.2, -0.15) is 0 Å². The third-order valence-electron chi connectivity index (χ3n) is 3.20. The molecule has 0 aromatic heterocycles. The summed E-state index contributed by atoms with van der Waals surface area (Å²) in [4.78, 5) is 0. The lowest BCUT2D eigenvalue weighted by Crippen LogP contribution is -2.22. The number of hydrogen-bond acceptors (Lipinski definition) is 3. The number of hydrogen-bond donors (Lipinski definition) is 2. The fourth-order valence-corrected chi connectivity index (χ4v) is 2.32. The van der Waals surface area contributed by atoms with Crippen molar-refractivity contribution >= 4 is 11.6 Å². The van der Waals surface area contributed by atoms with Crippen molar-refractivity contribution in [1.82, 2.24) is 5.32 Å². The summed E-state index contributed by atoms with van der Waals surface area (Å²) in [5.74, 6) is 1.27. The molecule has 1 aromatic carbocycles. The summed E-state index contributed by atoms with van der Waals surface area (Å²) in [6.45, 7) is 2.90. The zero-order valence-corrected chi connectivity index (χ0v) is 11.6. The zero-order chi connectivity index (χ0) is 13.8. The molecule has 0 saturated heterocycles. The Labute approximate surface area is 117 Å². The molecule has 0 amide bonds. The van der Waals surface area contributed by atoms with Gasteiger partial charge in [-0.3, -0.25) is 0 Å². The van der Waals surface area contributed by atoms with Crippen LogP contribution in [0.3, 0.4) is 0 Å². The zero-order valence-electron chi connectivity index (χ0n) is 10.8. The predicted octanol–water partition coefficient (Wildman–Crippen LogP) is 3.05. The van der Waals surface area contributed by atoms with Crippen molar-refractivity contribution in [3.63, 3.8) is 0 Å². The molecule has 2 rings (SSSR count). The van der Waals surface area contributed by atoms with Gasteiger partial charge >= 0.3 is 0 Å². The summed E-state index contributed by atoms with van der Waals surface area (Å²) >= 11 is 5.74. The van der Waals surface area contributed by atoms with E-state index in [0.717, 1.165) is 25.2 Å². The van der Waals surface area contributed by atoms with Gasteiger partial charge in [0.15, 0.2) is 0 Å². The SMILES string of the molecule is CC[C@@H](C[C@H]1C=C(N)NC1)Oc1ccc(F)c(Cl)c1. The largest absolute Gasteiger partial charge is 0.490 e. The molecule has 1 heterocycles. The Morgan fingerprint density at radius 3 is 2.95 bits per heavy atom. The highest BCUT2D eigenvalue weighted by Crippen LogP contribution is 2.25. The van der Waals surface area contributed by atoms with Gasteiger partial charge in [-0.1, -0.05) is 18.5 Å². The van der Waals surface area contributed by atoms with Crippen molar-refractivity contribution in [2.24, 2.45) is 11.7 Å². The lowest BCUT2D eigenvalue weighted by atomic mass is 10.0. The number of halogens is 2. The van der Waals surface area contributed by atoms with Crippen molar-refractivity contribution in [2.45, 2.75) is 25.9 Å². The molecule has 1 aromatic rings. The molecule has 3 N–H and O–H groups in total. The molecular formula is C14H18ClFN2O. The molecule has 104 valence electrons. The summed E-state index contributed by atoms with van der Waals surface area (Å²) < 4.78 is 18.9. The minimum Gasteiger partial charge on any atom is -0.490 e. The van der Waals surface area contributed by atoms with E-state index in [0.29, 0.717) is 11.7 Å². The minimum absolute atomic E-state index is 0.0653. The van der Waals surface area contributed by atoms with E-state index in [-0.39, 0.29) is 11.1 Å². The van der Waals surface area contributed by atoms with Gasteiger partial charge in [0.05, 0.1) is 16.9 Å². The number of ether oxygens (including phenoxy) is 1. The van der Waals surface area contributed by atoms with Crippen molar-refractivity contribution in [2.75, 3.05) is 6.54 Å². The maximum absolute atomic E-state index is 13.1. The van der Waals surface area contributed by atoms with Gasteiger partial charge in [-0.05, 0) is 31.1 Å². The Morgan fingerprint density at radius 2 is 2.37 bits per heavy atom. The average Bonchev–Trinajstić information content (AvgIpc) is 2.78. The molecule has 2 atom stereocenters. The van der Waals surface area contributed by atoms with E-state index >= 15 is 0 Å². The third-order valence-corrected chi connectivity index (χ3v) is 3.49. The van der Waals surface area contributed by atoms with Gasteiger partial charge in [0, 0.05) is 18.5 Å². The summed E-state index contributed by atoms with van der Waals surface area (Å²) in [6.07, 6.45) is 3.83. The van der Waals surface area contributed by atoms with Crippen LogP contribution in [0.5, 0.6) is 5.75 Å². The molecule has 3 nitrogen and oxygen atoms in total. The summed E-state index contributed by atoms with van der Waals surface area (Å²) in [6, 6.07) is 4.43. The molecule has 19 heavy (non-hydrogen) atoms. The van der Waals surface area contributed by atoms with Crippen molar-refractivity contribution in [3.05, 3.63) is 40.9 Å². The van der Waals surface area contributed by atoms with Crippen molar-refractivity contribution in [3.8, 4) is 5.75 Å². The Morgan fingerprint density at radius 1 is 1.58 bits per heavy atom. The first-order valence-corrected chi connectivity index (χ1v) is 6.79. The smallest absolute Gasteiger partial charge is 0.142 e. The normalized spacial score (nSPS) is 19.7. The Bertz CT molecular complexity index is 479. The molecule has 0 unspecified atom stereocenters. The van der Waals surface area contributed by atoms with Gasteiger partial charge in [-0.15, -0.1) is 0 Å². The molecule has 0 spiro atoms. The van der Waals surface area contributed by atoms with Gasteiger partial charge in [0.25, 0.3) is 0 Å². The lowest BCUT2D eigenvalue weighted by molar-refractivity contribution is 0.173. The van der Waals surface area contributed by atoms with E-state index in [1.54, 1.807) is 6.07 Å². The van der Waals surface area contributed by atoms with Crippen molar-refractivity contribution < 1.29 is 9.13 Å². The summed E-state index contributed by atoms with van der Waals surface area (Å²) in [7, 11) is 0. The number of benzene rings is 1. The molecule has 0 bridgehead atoms. The molecule has 1 aliphatic rings. The summed E-state index contributed by atoms with van der Waals surface area (Å²) in [5, 5.41) is 3.17. The molecule has 0 radical (unpaired) electrons. The molecule has 0 saturated carbocycles. The molecule has 0 fully saturated rings. The van der Waals surface area contributed by atoms with E-state index in [2.05, 4.69) is 12.2 Å².